The van der Waals surface area contributed by atoms with Gasteiger partial charge < -0.3 is 19.1 Å². The van der Waals surface area contributed by atoms with Gasteiger partial charge in [0.1, 0.15) is 11.5 Å². The van der Waals surface area contributed by atoms with Crippen LogP contribution in [0.1, 0.15) is 32.3 Å². The highest BCUT2D eigenvalue weighted by atomic mass is 16.5. The third-order valence-electron chi connectivity index (χ3n) is 6.67. The molecule has 3 aromatic carbocycles. The van der Waals surface area contributed by atoms with Crippen LogP contribution in [0.4, 0.5) is 17.1 Å². The van der Waals surface area contributed by atoms with E-state index >= 15 is 0 Å². The average Bonchev–Trinajstić information content (AvgIpc) is 3.30. The molecule has 8 heteroatoms. The van der Waals surface area contributed by atoms with Crippen molar-refractivity contribution in [1.82, 2.24) is 9.91 Å². The van der Waals surface area contributed by atoms with E-state index in [1.165, 1.54) is 4.90 Å². The number of unbranched alkanes of at least 4 members (excludes halogenated alkanes) is 1. The highest BCUT2D eigenvalue weighted by Gasteiger charge is 2.34. The molecule has 0 spiro atoms. The van der Waals surface area contributed by atoms with Crippen LogP contribution in [0, 0.1) is 0 Å². The first-order valence-corrected chi connectivity index (χ1v) is 13.8. The second-order valence-corrected chi connectivity index (χ2v) is 9.42. The number of hydrogen-bond acceptors (Lipinski definition) is 7. The van der Waals surface area contributed by atoms with Gasteiger partial charge in [0.05, 0.1) is 14.2 Å². The SMILES string of the molecule is C=CCN1C(=O)/C(=C\c2ccc(N(c3ccc(OC)cc3)c3ccc(OC)cc3)cc2)O/C1=N/N(CC)CCCC. The maximum Gasteiger partial charge on any atom is 0.322 e. The number of anilines is 3. The standard InChI is InChI=1S/C33H38N4O4/c1-6-9-23-35(8-3)34-33-36(22-7-2)32(38)31(41-33)24-25-10-12-26(13-11-25)37(27-14-18-29(39-4)19-15-27)28-16-20-30(40-5)21-17-28/h7,10-21,24H,2,6,8-9,22-23H2,1,3-5H3/b31-24+,34-33+. The van der Waals surface area contributed by atoms with Gasteiger partial charge in [-0.3, -0.25) is 14.7 Å². The van der Waals surface area contributed by atoms with Gasteiger partial charge in [0.2, 0.25) is 0 Å². The Kier molecular flexibility index (Phi) is 10.0. The van der Waals surface area contributed by atoms with E-state index in [1.807, 2.05) is 84.7 Å². The van der Waals surface area contributed by atoms with Gasteiger partial charge in [0, 0.05) is 36.7 Å². The van der Waals surface area contributed by atoms with Crippen molar-refractivity contribution in [1.29, 1.82) is 0 Å². The molecule has 0 atom stereocenters. The summed E-state index contributed by atoms with van der Waals surface area (Å²) in [6.45, 7) is 9.81. The largest absolute Gasteiger partial charge is 0.497 e. The lowest BCUT2D eigenvalue weighted by molar-refractivity contribution is -0.122. The van der Waals surface area contributed by atoms with Crippen LogP contribution in [-0.4, -0.2) is 55.7 Å². The molecule has 0 N–H and O–H groups in total. The summed E-state index contributed by atoms with van der Waals surface area (Å²) in [4.78, 5) is 16.8. The molecule has 1 amide bonds. The lowest BCUT2D eigenvalue weighted by atomic mass is 10.1. The van der Waals surface area contributed by atoms with Crippen LogP contribution in [0.25, 0.3) is 6.08 Å². The fourth-order valence-corrected chi connectivity index (χ4v) is 4.39. The Morgan fingerprint density at radius 2 is 1.41 bits per heavy atom. The summed E-state index contributed by atoms with van der Waals surface area (Å²) in [5, 5.41) is 6.55. The molecule has 3 aromatic rings. The first-order chi connectivity index (χ1) is 20.0. The van der Waals surface area contributed by atoms with Crippen molar-refractivity contribution in [3.8, 4) is 11.5 Å². The summed E-state index contributed by atoms with van der Waals surface area (Å²) < 4.78 is 16.7. The number of ether oxygens (including phenoxy) is 3. The molecular formula is C33H38N4O4. The van der Waals surface area contributed by atoms with Crippen LogP contribution < -0.4 is 14.4 Å². The van der Waals surface area contributed by atoms with E-state index in [1.54, 1.807) is 26.4 Å². The van der Waals surface area contributed by atoms with E-state index in [-0.39, 0.29) is 17.7 Å². The van der Waals surface area contributed by atoms with Crippen LogP contribution in [0.3, 0.4) is 0 Å². The van der Waals surface area contributed by atoms with Crippen molar-refractivity contribution >= 4 is 35.1 Å². The Bertz CT molecular complexity index is 1320. The summed E-state index contributed by atoms with van der Waals surface area (Å²) in [6.07, 6.45) is 5.49. The Hall–Kier alpha value is -4.72. The molecule has 1 fully saturated rings. The van der Waals surface area contributed by atoms with Gasteiger partial charge >= 0.3 is 6.02 Å². The summed E-state index contributed by atoms with van der Waals surface area (Å²) in [5.74, 6) is 1.56. The number of amidine groups is 1. The highest BCUT2D eigenvalue weighted by Crippen LogP contribution is 2.36. The number of nitrogens with zero attached hydrogens (tertiary/aromatic N) is 4. The molecule has 1 aliphatic rings. The number of benzene rings is 3. The summed E-state index contributed by atoms with van der Waals surface area (Å²) >= 11 is 0. The van der Waals surface area contributed by atoms with Gasteiger partial charge in [0.15, 0.2) is 5.76 Å². The molecule has 1 aliphatic heterocycles. The predicted molar refractivity (Wildman–Crippen MR) is 165 cm³/mol. The maximum atomic E-state index is 13.2. The molecular weight excluding hydrogens is 516 g/mol. The van der Waals surface area contributed by atoms with Crippen LogP contribution in [0.5, 0.6) is 11.5 Å². The van der Waals surface area contributed by atoms with Crippen molar-refractivity contribution in [2.75, 3.05) is 38.8 Å². The normalized spacial score (nSPS) is 14.7. The first-order valence-electron chi connectivity index (χ1n) is 13.8. The third kappa shape index (κ3) is 7.08. The molecule has 0 unspecified atom stereocenters. The number of carbonyl (C=O) groups is 1. The van der Waals surface area contributed by atoms with E-state index in [4.69, 9.17) is 14.2 Å². The van der Waals surface area contributed by atoms with Gasteiger partial charge in [-0.05, 0) is 85.6 Å². The van der Waals surface area contributed by atoms with Gasteiger partial charge in [-0.25, -0.2) is 0 Å². The maximum absolute atomic E-state index is 13.2. The fraction of sp³-hybridized carbons (Fsp3) is 0.273. The molecule has 41 heavy (non-hydrogen) atoms. The quantitative estimate of drug-likeness (QED) is 0.129. The van der Waals surface area contributed by atoms with Crippen LogP contribution in [0.2, 0.25) is 0 Å². The fourth-order valence-electron chi connectivity index (χ4n) is 4.39. The Morgan fingerprint density at radius 1 is 0.878 bits per heavy atom. The highest BCUT2D eigenvalue weighted by molar-refractivity contribution is 6.11. The number of hydrogen-bond donors (Lipinski definition) is 0. The second kappa shape index (κ2) is 14.1. The summed E-state index contributed by atoms with van der Waals surface area (Å²) in [5.41, 5.74) is 3.73. The van der Waals surface area contributed by atoms with E-state index in [2.05, 4.69) is 23.5 Å². The Balaban J connectivity index is 1.63. The van der Waals surface area contributed by atoms with Crippen molar-refractivity contribution in [3.05, 3.63) is 96.8 Å². The van der Waals surface area contributed by atoms with Gasteiger partial charge in [0.25, 0.3) is 5.91 Å². The van der Waals surface area contributed by atoms with E-state index in [0.29, 0.717) is 6.54 Å². The molecule has 0 aromatic heterocycles. The molecule has 1 heterocycles. The predicted octanol–water partition coefficient (Wildman–Crippen LogP) is 6.95. The zero-order chi connectivity index (χ0) is 29.2. The number of amides is 1. The third-order valence-corrected chi connectivity index (χ3v) is 6.67. The molecule has 0 saturated carbocycles. The molecule has 8 nitrogen and oxygen atoms in total. The van der Waals surface area contributed by atoms with E-state index in [9.17, 15) is 4.79 Å². The molecule has 4 rings (SSSR count). The minimum Gasteiger partial charge on any atom is -0.497 e. The van der Waals surface area contributed by atoms with Gasteiger partial charge in [-0.1, -0.05) is 31.6 Å². The number of hydrazone groups is 1. The summed E-state index contributed by atoms with van der Waals surface area (Å²) in [7, 11) is 3.31. The van der Waals surface area contributed by atoms with Gasteiger partial charge in [-0.15, -0.1) is 11.7 Å². The molecule has 0 bridgehead atoms. The topological polar surface area (TPSA) is 66.8 Å². The van der Waals surface area contributed by atoms with E-state index < -0.39 is 0 Å². The second-order valence-electron chi connectivity index (χ2n) is 9.42. The van der Waals surface area contributed by atoms with Crippen molar-refractivity contribution < 1.29 is 19.0 Å². The molecule has 1 saturated heterocycles. The van der Waals surface area contributed by atoms with Crippen molar-refractivity contribution in [3.63, 3.8) is 0 Å². The van der Waals surface area contributed by atoms with Crippen LogP contribution >= 0.6 is 0 Å². The lowest BCUT2D eigenvalue weighted by Crippen LogP contribution is -2.32. The molecule has 214 valence electrons. The molecule has 0 radical (unpaired) electrons. The average molecular weight is 555 g/mol. The Morgan fingerprint density at radius 3 is 1.88 bits per heavy atom. The minimum atomic E-state index is -0.239. The number of carbonyl (C=O) groups excluding carboxylic acids is 1. The van der Waals surface area contributed by atoms with Gasteiger partial charge in [-0.2, -0.15) is 0 Å². The first kappa shape index (κ1) is 29.3. The smallest absolute Gasteiger partial charge is 0.322 e. The zero-order valence-corrected chi connectivity index (χ0v) is 24.2. The minimum absolute atomic E-state index is 0.229. The van der Waals surface area contributed by atoms with Crippen molar-refractivity contribution in [2.24, 2.45) is 5.10 Å². The monoisotopic (exact) mass is 554 g/mol. The zero-order valence-electron chi connectivity index (χ0n) is 24.2. The molecule has 0 aliphatic carbocycles. The van der Waals surface area contributed by atoms with Crippen LogP contribution in [0.15, 0.2) is 96.3 Å². The number of rotatable bonds is 13. The lowest BCUT2D eigenvalue weighted by Gasteiger charge is -2.26. The van der Waals surface area contributed by atoms with E-state index in [0.717, 1.165) is 60.1 Å². The Labute approximate surface area is 242 Å². The number of methoxy groups -OCH3 is 2. The summed E-state index contributed by atoms with van der Waals surface area (Å²) in [6, 6.07) is 24.0. The van der Waals surface area contributed by atoms with Crippen LogP contribution in [-0.2, 0) is 9.53 Å². The van der Waals surface area contributed by atoms with Crippen molar-refractivity contribution in [2.45, 2.75) is 26.7 Å².